The molecular weight excluding hydrogens is 305 g/mol. The van der Waals surface area contributed by atoms with Gasteiger partial charge in [-0.25, -0.2) is 9.18 Å². The Hall–Kier alpha value is -1.71. The molecule has 0 radical (unpaired) electrons. The molecule has 0 amide bonds. The number of carbonyl (C=O) groups is 1. The number of benzene rings is 1. The molecule has 116 valence electrons. The fourth-order valence-electron chi connectivity index (χ4n) is 1.73. The number of nitrogens with zero attached hydrogens (tertiary/aromatic N) is 1. The zero-order chi connectivity index (χ0) is 16.2. The first-order valence-electron chi connectivity index (χ1n) is 5.86. The summed E-state index contributed by atoms with van der Waals surface area (Å²) in [6.45, 7) is 0. The molecule has 0 saturated heterocycles. The van der Waals surface area contributed by atoms with Gasteiger partial charge in [-0.1, -0.05) is 0 Å². The van der Waals surface area contributed by atoms with E-state index >= 15 is 0 Å². The molecule has 2 N–H and O–H groups in total. The summed E-state index contributed by atoms with van der Waals surface area (Å²) in [5, 5.41) is 30.4. The van der Waals surface area contributed by atoms with E-state index < -0.39 is 45.7 Å². The first-order chi connectivity index (χ1) is 9.83. The molecule has 0 aromatic heterocycles. The molecule has 0 spiro atoms. The van der Waals surface area contributed by atoms with Crippen LogP contribution in [-0.4, -0.2) is 40.1 Å². The van der Waals surface area contributed by atoms with Crippen LogP contribution in [0.25, 0.3) is 0 Å². The van der Waals surface area contributed by atoms with Crippen molar-refractivity contribution in [3.63, 3.8) is 0 Å². The van der Waals surface area contributed by atoms with Gasteiger partial charge in [-0.2, -0.15) is 12.6 Å². The molecule has 2 atom stereocenters. The molecule has 7 nitrogen and oxygen atoms in total. The molecule has 2 unspecified atom stereocenters. The lowest BCUT2D eigenvalue weighted by Crippen LogP contribution is -2.20. The van der Waals surface area contributed by atoms with E-state index in [1.54, 1.807) is 0 Å². The highest BCUT2D eigenvalue weighted by Gasteiger charge is 2.29. The Labute approximate surface area is 124 Å². The molecule has 0 aliphatic rings. The number of esters is 1. The van der Waals surface area contributed by atoms with Crippen LogP contribution in [-0.2, 0) is 4.74 Å². The fourth-order valence-corrected chi connectivity index (χ4v) is 1.99. The molecule has 21 heavy (non-hydrogen) atoms. The minimum atomic E-state index is -1.66. The van der Waals surface area contributed by atoms with Gasteiger partial charge in [0.25, 0.3) is 5.69 Å². The number of halogens is 1. The number of aliphatic hydroxyl groups excluding tert-OH is 2. The van der Waals surface area contributed by atoms with Crippen LogP contribution in [0.1, 0.15) is 28.4 Å². The number of aliphatic hydroxyl groups is 2. The number of nitro groups is 1. The molecule has 0 aliphatic carbocycles. The van der Waals surface area contributed by atoms with Gasteiger partial charge in [0.15, 0.2) is 0 Å². The monoisotopic (exact) mass is 319 g/mol. The van der Waals surface area contributed by atoms with Crippen molar-refractivity contribution in [2.24, 2.45) is 0 Å². The van der Waals surface area contributed by atoms with Gasteiger partial charge >= 0.3 is 5.97 Å². The van der Waals surface area contributed by atoms with Crippen LogP contribution in [0.5, 0.6) is 0 Å². The molecule has 0 saturated carbocycles. The summed E-state index contributed by atoms with van der Waals surface area (Å²) in [7, 11) is 1.00. The van der Waals surface area contributed by atoms with Crippen LogP contribution in [0.4, 0.5) is 10.1 Å². The number of thiol groups is 1. The molecule has 0 fully saturated rings. The van der Waals surface area contributed by atoms with E-state index in [2.05, 4.69) is 17.4 Å². The Balaban J connectivity index is 3.33. The third-order valence-corrected chi connectivity index (χ3v) is 3.08. The predicted molar refractivity (Wildman–Crippen MR) is 73.8 cm³/mol. The van der Waals surface area contributed by atoms with Crippen molar-refractivity contribution < 1.29 is 29.1 Å². The number of nitro benzene ring substituents is 1. The van der Waals surface area contributed by atoms with E-state index in [0.29, 0.717) is 12.1 Å². The summed E-state index contributed by atoms with van der Waals surface area (Å²) < 4.78 is 18.3. The van der Waals surface area contributed by atoms with E-state index in [-0.39, 0.29) is 12.2 Å². The van der Waals surface area contributed by atoms with Crippen LogP contribution >= 0.6 is 12.6 Å². The molecular formula is C12H14FNO6S. The normalized spacial score (nSPS) is 13.6. The van der Waals surface area contributed by atoms with E-state index in [1.807, 2.05) is 0 Å². The van der Waals surface area contributed by atoms with Gasteiger partial charge in [-0.15, -0.1) is 0 Å². The zero-order valence-electron chi connectivity index (χ0n) is 11.0. The van der Waals surface area contributed by atoms with Gasteiger partial charge in [0.1, 0.15) is 17.5 Å². The quantitative estimate of drug-likeness (QED) is 0.315. The van der Waals surface area contributed by atoms with Crippen molar-refractivity contribution in [1.82, 2.24) is 0 Å². The summed E-state index contributed by atoms with van der Waals surface area (Å²) >= 11 is 3.87. The SMILES string of the molecule is COC(=O)c1cc(F)c(C(O)C(O)CCS)cc1[N+](=O)[O-]. The van der Waals surface area contributed by atoms with Gasteiger partial charge in [0.2, 0.25) is 0 Å². The van der Waals surface area contributed by atoms with Crippen LogP contribution < -0.4 is 0 Å². The lowest BCUT2D eigenvalue weighted by atomic mass is 9.99. The topological polar surface area (TPSA) is 110 Å². The molecule has 0 bridgehead atoms. The van der Waals surface area contributed by atoms with E-state index in [9.17, 15) is 29.5 Å². The van der Waals surface area contributed by atoms with Gasteiger partial charge in [0.05, 0.1) is 18.1 Å². The summed E-state index contributed by atoms with van der Waals surface area (Å²) in [6.07, 6.45) is -2.93. The molecule has 1 aromatic rings. The van der Waals surface area contributed by atoms with Gasteiger partial charge in [-0.3, -0.25) is 10.1 Å². The van der Waals surface area contributed by atoms with Gasteiger partial charge in [-0.05, 0) is 18.2 Å². The molecule has 0 heterocycles. The summed E-state index contributed by atoms with van der Waals surface area (Å²) in [5.74, 6) is -1.88. The van der Waals surface area contributed by atoms with Crippen molar-refractivity contribution >= 4 is 24.3 Å². The highest BCUT2D eigenvalue weighted by molar-refractivity contribution is 7.80. The molecule has 9 heteroatoms. The third-order valence-electron chi connectivity index (χ3n) is 2.82. The fraction of sp³-hybridized carbons (Fsp3) is 0.417. The first-order valence-corrected chi connectivity index (χ1v) is 6.49. The Kier molecular flexibility index (Phi) is 6.06. The maximum atomic E-state index is 13.9. The van der Waals surface area contributed by atoms with E-state index in [0.717, 1.165) is 7.11 Å². The Morgan fingerprint density at radius 1 is 1.52 bits per heavy atom. The number of rotatable bonds is 6. The molecule has 1 rings (SSSR count). The van der Waals surface area contributed by atoms with Crippen LogP contribution in [0.2, 0.25) is 0 Å². The smallest absolute Gasteiger partial charge is 0.344 e. The van der Waals surface area contributed by atoms with Crippen molar-refractivity contribution in [3.05, 3.63) is 39.2 Å². The number of hydrogen-bond acceptors (Lipinski definition) is 7. The highest BCUT2D eigenvalue weighted by atomic mass is 32.1. The summed E-state index contributed by atoms with van der Waals surface area (Å²) in [4.78, 5) is 21.4. The van der Waals surface area contributed by atoms with Crippen LogP contribution in [0, 0.1) is 15.9 Å². The summed E-state index contributed by atoms with van der Waals surface area (Å²) in [5.41, 5.74) is -1.75. The van der Waals surface area contributed by atoms with Gasteiger partial charge < -0.3 is 14.9 Å². The second kappa shape index (κ2) is 7.34. The highest BCUT2D eigenvalue weighted by Crippen LogP contribution is 2.29. The van der Waals surface area contributed by atoms with Crippen LogP contribution in [0.15, 0.2) is 12.1 Å². The standard InChI is InChI=1S/C12H14FNO6S/c1-20-12(17)7-4-8(13)6(5-9(7)14(18)19)11(16)10(15)2-3-21/h4-5,10-11,15-16,21H,2-3H2,1H3. The van der Waals surface area contributed by atoms with E-state index in [1.165, 1.54) is 0 Å². The third kappa shape index (κ3) is 3.90. The average Bonchev–Trinajstić information content (AvgIpc) is 2.45. The van der Waals surface area contributed by atoms with Crippen molar-refractivity contribution in [2.45, 2.75) is 18.6 Å². The lowest BCUT2D eigenvalue weighted by Gasteiger charge is -2.18. The average molecular weight is 319 g/mol. The second-order valence-electron chi connectivity index (χ2n) is 4.16. The second-order valence-corrected chi connectivity index (χ2v) is 4.61. The number of methoxy groups -OCH3 is 1. The maximum Gasteiger partial charge on any atom is 0.344 e. The predicted octanol–water partition coefficient (Wildman–Crippen LogP) is 1.23. The van der Waals surface area contributed by atoms with Gasteiger partial charge in [0, 0.05) is 11.6 Å². The first kappa shape index (κ1) is 17.3. The van der Waals surface area contributed by atoms with Crippen molar-refractivity contribution in [3.8, 4) is 0 Å². The Morgan fingerprint density at radius 3 is 2.62 bits per heavy atom. The number of hydrogen-bond donors (Lipinski definition) is 3. The van der Waals surface area contributed by atoms with Crippen molar-refractivity contribution in [2.75, 3.05) is 12.9 Å². The minimum Gasteiger partial charge on any atom is -0.465 e. The number of carbonyl (C=O) groups excluding carboxylic acids is 1. The van der Waals surface area contributed by atoms with Crippen LogP contribution in [0.3, 0.4) is 0 Å². The minimum absolute atomic E-state index is 0.0657. The maximum absolute atomic E-state index is 13.9. The zero-order valence-corrected chi connectivity index (χ0v) is 11.9. The lowest BCUT2D eigenvalue weighted by molar-refractivity contribution is -0.385. The summed E-state index contributed by atoms with van der Waals surface area (Å²) in [6, 6.07) is 1.32. The Bertz CT molecular complexity index is 553. The van der Waals surface area contributed by atoms with E-state index in [4.69, 9.17) is 0 Å². The molecule has 0 aliphatic heterocycles. The Morgan fingerprint density at radius 2 is 2.14 bits per heavy atom. The number of ether oxygens (including phenoxy) is 1. The molecule has 1 aromatic carbocycles. The largest absolute Gasteiger partial charge is 0.465 e. The van der Waals surface area contributed by atoms with Crippen molar-refractivity contribution in [1.29, 1.82) is 0 Å².